The number of rotatable bonds is 3. The summed E-state index contributed by atoms with van der Waals surface area (Å²) in [7, 11) is 0. The minimum atomic E-state index is -0.649. The van der Waals surface area contributed by atoms with Gasteiger partial charge in [0.05, 0.1) is 0 Å². The number of hydrogen-bond acceptors (Lipinski definition) is 2. The van der Waals surface area contributed by atoms with Crippen molar-refractivity contribution in [3.63, 3.8) is 0 Å². The van der Waals surface area contributed by atoms with Gasteiger partial charge >= 0.3 is 0 Å². The van der Waals surface area contributed by atoms with Crippen LogP contribution in [-0.2, 0) is 0 Å². The second-order valence-corrected chi connectivity index (χ2v) is 5.15. The van der Waals surface area contributed by atoms with Crippen LogP contribution in [0.2, 0.25) is 0 Å². The Bertz CT molecular complexity index is 411. The standard InChI is InChI=1S/C14H19F2NO/c1-9-2-3-10(8-17)14(6-9)18-13-5-4-11(15)7-12(13)16/h4-5,7,9-10,14H,2-3,6,8,17H2,1H3. The van der Waals surface area contributed by atoms with Gasteiger partial charge in [-0.1, -0.05) is 13.3 Å². The van der Waals surface area contributed by atoms with E-state index in [-0.39, 0.29) is 17.8 Å². The molecule has 3 unspecified atom stereocenters. The Kier molecular flexibility index (Phi) is 4.17. The van der Waals surface area contributed by atoms with Crippen molar-refractivity contribution in [3.05, 3.63) is 29.8 Å². The normalized spacial score (nSPS) is 28.1. The highest BCUT2D eigenvalue weighted by Crippen LogP contribution is 2.32. The van der Waals surface area contributed by atoms with Crippen LogP contribution >= 0.6 is 0 Å². The van der Waals surface area contributed by atoms with E-state index in [2.05, 4.69) is 6.92 Å². The molecule has 1 aliphatic rings. The lowest BCUT2D eigenvalue weighted by molar-refractivity contribution is 0.0705. The highest BCUT2D eigenvalue weighted by atomic mass is 19.1. The topological polar surface area (TPSA) is 35.2 Å². The lowest BCUT2D eigenvalue weighted by Gasteiger charge is -2.34. The first kappa shape index (κ1) is 13.3. The molecule has 3 atom stereocenters. The van der Waals surface area contributed by atoms with Gasteiger partial charge in [-0.3, -0.25) is 0 Å². The zero-order valence-corrected chi connectivity index (χ0v) is 10.5. The largest absolute Gasteiger partial charge is 0.487 e. The highest BCUT2D eigenvalue weighted by molar-refractivity contribution is 5.25. The number of hydrogen-bond donors (Lipinski definition) is 1. The van der Waals surface area contributed by atoms with Crippen LogP contribution in [0.15, 0.2) is 18.2 Å². The van der Waals surface area contributed by atoms with Gasteiger partial charge in [0.1, 0.15) is 11.9 Å². The van der Waals surface area contributed by atoms with Gasteiger partial charge in [0.2, 0.25) is 0 Å². The minimum Gasteiger partial charge on any atom is -0.487 e. The van der Waals surface area contributed by atoms with E-state index in [1.165, 1.54) is 12.1 Å². The quantitative estimate of drug-likeness (QED) is 0.900. The Morgan fingerprint density at radius 3 is 2.78 bits per heavy atom. The monoisotopic (exact) mass is 255 g/mol. The van der Waals surface area contributed by atoms with Crippen molar-refractivity contribution in [2.45, 2.75) is 32.3 Å². The molecule has 0 bridgehead atoms. The van der Waals surface area contributed by atoms with Crippen molar-refractivity contribution < 1.29 is 13.5 Å². The predicted octanol–water partition coefficient (Wildman–Crippen LogP) is 3.11. The van der Waals surface area contributed by atoms with Gasteiger partial charge in [-0.05, 0) is 37.4 Å². The summed E-state index contributed by atoms with van der Waals surface area (Å²) in [6, 6.07) is 3.40. The van der Waals surface area contributed by atoms with Gasteiger partial charge in [-0.2, -0.15) is 0 Å². The Balaban J connectivity index is 2.10. The lowest BCUT2D eigenvalue weighted by atomic mass is 9.80. The molecular weight excluding hydrogens is 236 g/mol. The Morgan fingerprint density at radius 2 is 2.11 bits per heavy atom. The summed E-state index contributed by atoms with van der Waals surface area (Å²) in [4.78, 5) is 0. The molecule has 0 aromatic heterocycles. The Morgan fingerprint density at radius 1 is 1.33 bits per heavy atom. The van der Waals surface area contributed by atoms with E-state index in [0.29, 0.717) is 12.5 Å². The number of nitrogens with two attached hydrogens (primary N) is 1. The summed E-state index contributed by atoms with van der Waals surface area (Å²) in [6.45, 7) is 2.70. The van der Waals surface area contributed by atoms with Crippen molar-refractivity contribution in [2.24, 2.45) is 17.6 Å². The van der Waals surface area contributed by atoms with Gasteiger partial charge < -0.3 is 10.5 Å². The molecule has 2 rings (SSSR count). The number of halogens is 2. The molecule has 18 heavy (non-hydrogen) atoms. The van der Waals surface area contributed by atoms with E-state index < -0.39 is 11.6 Å². The maximum atomic E-state index is 13.5. The highest BCUT2D eigenvalue weighted by Gasteiger charge is 2.29. The molecule has 2 N–H and O–H groups in total. The van der Waals surface area contributed by atoms with E-state index >= 15 is 0 Å². The maximum Gasteiger partial charge on any atom is 0.167 e. The van der Waals surface area contributed by atoms with Gasteiger partial charge in [0, 0.05) is 12.0 Å². The SMILES string of the molecule is CC1CCC(CN)C(Oc2ccc(F)cc2F)C1. The van der Waals surface area contributed by atoms with Crippen LogP contribution in [0.4, 0.5) is 8.78 Å². The molecular formula is C14H19F2NO. The van der Waals surface area contributed by atoms with Crippen molar-refractivity contribution in [3.8, 4) is 5.75 Å². The Hall–Kier alpha value is -1.16. The molecule has 0 radical (unpaired) electrons. The van der Waals surface area contributed by atoms with E-state index in [4.69, 9.17) is 10.5 Å². The van der Waals surface area contributed by atoms with Crippen LogP contribution in [0.3, 0.4) is 0 Å². The maximum absolute atomic E-state index is 13.5. The zero-order chi connectivity index (χ0) is 13.1. The van der Waals surface area contributed by atoms with Gasteiger partial charge in [-0.15, -0.1) is 0 Å². The molecule has 1 fully saturated rings. The van der Waals surface area contributed by atoms with Crippen molar-refractivity contribution in [1.29, 1.82) is 0 Å². The molecule has 1 aromatic rings. The van der Waals surface area contributed by atoms with Gasteiger partial charge in [-0.25, -0.2) is 8.78 Å². The first-order chi connectivity index (χ1) is 8.60. The van der Waals surface area contributed by atoms with Crippen LogP contribution in [0.1, 0.15) is 26.2 Å². The average Bonchev–Trinajstić information content (AvgIpc) is 2.33. The second-order valence-electron chi connectivity index (χ2n) is 5.15. The predicted molar refractivity (Wildman–Crippen MR) is 66.3 cm³/mol. The van der Waals surface area contributed by atoms with Crippen LogP contribution in [0.5, 0.6) is 5.75 Å². The van der Waals surface area contributed by atoms with E-state index in [1.807, 2.05) is 0 Å². The zero-order valence-electron chi connectivity index (χ0n) is 10.5. The molecule has 2 nitrogen and oxygen atoms in total. The fourth-order valence-electron chi connectivity index (χ4n) is 2.54. The van der Waals surface area contributed by atoms with Gasteiger partial charge in [0.15, 0.2) is 11.6 Å². The smallest absolute Gasteiger partial charge is 0.167 e. The molecule has 4 heteroatoms. The summed E-state index contributed by atoms with van der Waals surface area (Å²) >= 11 is 0. The van der Waals surface area contributed by atoms with E-state index in [1.54, 1.807) is 0 Å². The molecule has 0 amide bonds. The average molecular weight is 255 g/mol. The number of benzene rings is 1. The third-order valence-electron chi connectivity index (χ3n) is 3.67. The van der Waals surface area contributed by atoms with Crippen molar-refractivity contribution in [1.82, 2.24) is 0 Å². The Labute approximate surface area is 106 Å². The summed E-state index contributed by atoms with van der Waals surface area (Å²) in [6.07, 6.45) is 2.94. The molecule has 0 spiro atoms. The lowest BCUT2D eigenvalue weighted by Crippen LogP contribution is -2.37. The number of ether oxygens (including phenoxy) is 1. The van der Waals surface area contributed by atoms with E-state index in [9.17, 15) is 8.78 Å². The third kappa shape index (κ3) is 2.99. The molecule has 1 aromatic carbocycles. The summed E-state index contributed by atoms with van der Waals surface area (Å²) in [5.74, 6) is -0.308. The summed E-state index contributed by atoms with van der Waals surface area (Å²) < 4.78 is 32.0. The molecule has 100 valence electrons. The van der Waals surface area contributed by atoms with Gasteiger partial charge in [0.25, 0.3) is 0 Å². The molecule has 0 heterocycles. The first-order valence-corrected chi connectivity index (χ1v) is 6.42. The summed E-state index contributed by atoms with van der Waals surface area (Å²) in [5, 5.41) is 0. The van der Waals surface area contributed by atoms with Crippen LogP contribution < -0.4 is 10.5 Å². The molecule has 0 saturated heterocycles. The minimum absolute atomic E-state index is 0.0706. The van der Waals surface area contributed by atoms with Crippen LogP contribution in [0.25, 0.3) is 0 Å². The second kappa shape index (κ2) is 5.65. The fourth-order valence-corrected chi connectivity index (χ4v) is 2.54. The van der Waals surface area contributed by atoms with Crippen LogP contribution in [0, 0.1) is 23.5 Å². The fraction of sp³-hybridized carbons (Fsp3) is 0.571. The van der Waals surface area contributed by atoms with Crippen molar-refractivity contribution in [2.75, 3.05) is 6.54 Å². The molecule has 1 saturated carbocycles. The van der Waals surface area contributed by atoms with E-state index in [0.717, 1.165) is 25.3 Å². The van der Waals surface area contributed by atoms with Crippen LogP contribution in [-0.4, -0.2) is 12.6 Å². The summed E-state index contributed by atoms with van der Waals surface area (Å²) in [5.41, 5.74) is 5.72. The molecule has 0 aliphatic heterocycles. The molecule has 1 aliphatic carbocycles. The van der Waals surface area contributed by atoms with Crippen molar-refractivity contribution >= 4 is 0 Å². The third-order valence-corrected chi connectivity index (χ3v) is 3.67. The first-order valence-electron chi connectivity index (χ1n) is 6.42.